The zero-order valence-corrected chi connectivity index (χ0v) is 46.5. The van der Waals surface area contributed by atoms with Gasteiger partial charge in [-0.2, -0.15) is 0 Å². The van der Waals surface area contributed by atoms with Crippen LogP contribution in [0.15, 0.2) is 24.3 Å². The van der Waals surface area contributed by atoms with E-state index in [2.05, 4.69) is 38.2 Å². The molecular formula is C59H114NO8P. The average Bonchev–Trinajstić information content (AvgIpc) is 3.34. The Kier molecular flexibility index (Phi) is 54.6. The molecule has 2 unspecified atom stereocenters. The lowest BCUT2D eigenvalue weighted by Crippen LogP contribution is -2.29. The Morgan fingerprint density at radius 1 is 0.435 bits per heavy atom. The number of allylic oxidation sites excluding steroid dienone is 4. The van der Waals surface area contributed by atoms with Gasteiger partial charge in [0.05, 0.1) is 13.2 Å². The lowest BCUT2D eigenvalue weighted by Gasteiger charge is -2.19. The van der Waals surface area contributed by atoms with Crippen molar-refractivity contribution in [1.82, 2.24) is 0 Å². The maximum atomic E-state index is 12.7. The molecule has 0 aliphatic heterocycles. The van der Waals surface area contributed by atoms with Gasteiger partial charge in [0.1, 0.15) is 6.61 Å². The summed E-state index contributed by atoms with van der Waals surface area (Å²) in [4.78, 5) is 35.2. The van der Waals surface area contributed by atoms with Gasteiger partial charge in [-0.05, 0) is 44.9 Å². The van der Waals surface area contributed by atoms with E-state index in [1.807, 2.05) is 0 Å². The number of hydrogen-bond donors (Lipinski definition) is 2. The van der Waals surface area contributed by atoms with E-state index in [-0.39, 0.29) is 38.6 Å². The zero-order valence-electron chi connectivity index (χ0n) is 45.6. The Balaban J connectivity index is 3.92. The number of esters is 2. The number of nitrogens with two attached hydrogens (primary N) is 1. The normalized spacial score (nSPS) is 13.2. The minimum atomic E-state index is -4.38. The molecule has 0 spiro atoms. The van der Waals surface area contributed by atoms with Crippen molar-refractivity contribution < 1.29 is 37.6 Å². The number of hydrogen-bond acceptors (Lipinski definition) is 8. The number of ether oxygens (including phenoxy) is 2. The Hall–Kier alpha value is -1.51. The Bertz CT molecular complexity index is 1180. The predicted molar refractivity (Wildman–Crippen MR) is 294 cm³/mol. The second-order valence-corrected chi connectivity index (χ2v) is 21.7. The lowest BCUT2D eigenvalue weighted by molar-refractivity contribution is -0.161. The third kappa shape index (κ3) is 55.7. The molecule has 0 rings (SSSR count). The third-order valence-corrected chi connectivity index (χ3v) is 14.3. The first-order valence-electron chi connectivity index (χ1n) is 29.8. The van der Waals surface area contributed by atoms with Gasteiger partial charge in [0.25, 0.3) is 0 Å². The van der Waals surface area contributed by atoms with Crippen LogP contribution in [0, 0.1) is 0 Å². The van der Waals surface area contributed by atoms with Gasteiger partial charge in [0, 0.05) is 19.4 Å². The van der Waals surface area contributed by atoms with E-state index in [0.717, 1.165) is 44.9 Å². The van der Waals surface area contributed by atoms with E-state index in [0.29, 0.717) is 6.42 Å². The molecule has 0 bridgehead atoms. The second kappa shape index (κ2) is 55.8. The van der Waals surface area contributed by atoms with E-state index < -0.39 is 26.5 Å². The number of carbonyl (C=O) groups excluding carboxylic acids is 2. The smallest absolute Gasteiger partial charge is 0.462 e. The fourth-order valence-electron chi connectivity index (χ4n) is 8.91. The first-order valence-corrected chi connectivity index (χ1v) is 31.3. The highest BCUT2D eigenvalue weighted by Crippen LogP contribution is 2.43. The number of unbranched alkanes of at least 4 members (excludes halogenated alkanes) is 40. The van der Waals surface area contributed by atoms with Gasteiger partial charge in [0.15, 0.2) is 6.10 Å². The largest absolute Gasteiger partial charge is 0.472 e. The quantitative estimate of drug-likeness (QED) is 0.0264. The Morgan fingerprint density at radius 3 is 1.10 bits per heavy atom. The molecule has 0 saturated heterocycles. The van der Waals surface area contributed by atoms with Crippen molar-refractivity contribution in [3.8, 4) is 0 Å². The molecule has 0 aromatic rings. The van der Waals surface area contributed by atoms with Gasteiger partial charge in [0.2, 0.25) is 0 Å². The molecule has 0 radical (unpaired) electrons. The van der Waals surface area contributed by atoms with Crippen LogP contribution in [-0.2, 0) is 32.7 Å². The zero-order chi connectivity index (χ0) is 50.2. The summed E-state index contributed by atoms with van der Waals surface area (Å²) in [5, 5.41) is 0. The highest BCUT2D eigenvalue weighted by molar-refractivity contribution is 7.47. The predicted octanol–water partition coefficient (Wildman–Crippen LogP) is 18.6. The topological polar surface area (TPSA) is 134 Å². The Morgan fingerprint density at radius 2 is 0.754 bits per heavy atom. The molecule has 0 heterocycles. The number of carbonyl (C=O) groups is 2. The summed E-state index contributed by atoms with van der Waals surface area (Å²) in [5.74, 6) is -0.812. The van der Waals surface area contributed by atoms with Crippen LogP contribution in [0.4, 0.5) is 0 Å². The summed E-state index contributed by atoms with van der Waals surface area (Å²) in [6.07, 6.45) is 65.2. The van der Waals surface area contributed by atoms with Crippen molar-refractivity contribution in [2.75, 3.05) is 26.4 Å². The van der Waals surface area contributed by atoms with Crippen molar-refractivity contribution >= 4 is 19.8 Å². The molecule has 0 fully saturated rings. The minimum absolute atomic E-state index is 0.0554. The third-order valence-electron chi connectivity index (χ3n) is 13.3. The molecule has 69 heavy (non-hydrogen) atoms. The van der Waals surface area contributed by atoms with Crippen LogP contribution in [-0.4, -0.2) is 49.3 Å². The molecule has 10 heteroatoms. The summed E-state index contributed by atoms with van der Waals surface area (Å²) in [7, 11) is -4.38. The van der Waals surface area contributed by atoms with Crippen LogP contribution in [0.5, 0.6) is 0 Å². The summed E-state index contributed by atoms with van der Waals surface area (Å²) in [6, 6.07) is 0. The van der Waals surface area contributed by atoms with Crippen molar-refractivity contribution in [3.05, 3.63) is 24.3 Å². The maximum Gasteiger partial charge on any atom is 0.472 e. The highest BCUT2D eigenvalue weighted by atomic mass is 31.2. The molecule has 0 amide bonds. The molecular weight excluding hydrogens is 882 g/mol. The standard InChI is InChI=1S/C59H114NO8P/c1-3-5-7-9-11-13-15-17-19-21-23-25-27-28-30-31-33-35-37-39-41-43-45-47-49-51-58(61)65-55-57(56-67-69(63,64)66-54-53-60)68-59(62)52-50-48-46-44-42-40-38-36-34-32-29-26-24-22-20-18-16-14-12-10-8-6-4-2/h16,18,22,24,57H,3-15,17,19-21,23,25-56,60H2,1-2H3,(H,63,64)/b18-16-,24-22-. The molecule has 0 aliphatic rings. The molecule has 408 valence electrons. The van der Waals surface area contributed by atoms with E-state index in [1.165, 1.54) is 231 Å². The number of rotatable bonds is 57. The first kappa shape index (κ1) is 67.5. The molecule has 3 N–H and O–H groups in total. The van der Waals surface area contributed by atoms with Crippen molar-refractivity contribution in [1.29, 1.82) is 0 Å². The van der Waals surface area contributed by atoms with Crippen molar-refractivity contribution in [3.63, 3.8) is 0 Å². The molecule has 0 saturated carbocycles. The molecule has 0 aliphatic carbocycles. The average molecular weight is 997 g/mol. The van der Waals surface area contributed by atoms with Crippen molar-refractivity contribution in [2.45, 2.75) is 315 Å². The van der Waals surface area contributed by atoms with Gasteiger partial charge in [-0.15, -0.1) is 0 Å². The molecule has 0 aromatic carbocycles. The van der Waals surface area contributed by atoms with Crippen LogP contribution in [0.1, 0.15) is 309 Å². The van der Waals surface area contributed by atoms with Gasteiger partial charge in [-0.3, -0.25) is 18.6 Å². The molecule has 2 atom stereocenters. The summed E-state index contributed by atoms with van der Waals surface area (Å²) in [6.45, 7) is 3.79. The number of phosphoric ester groups is 1. The lowest BCUT2D eigenvalue weighted by atomic mass is 10.0. The van der Waals surface area contributed by atoms with E-state index in [1.54, 1.807) is 0 Å². The second-order valence-electron chi connectivity index (χ2n) is 20.2. The van der Waals surface area contributed by atoms with Gasteiger partial charge >= 0.3 is 19.8 Å². The summed E-state index contributed by atoms with van der Waals surface area (Å²) < 4.78 is 33.1. The van der Waals surface area contributed by atoms with Crippen LogP contribution < -0.4 is 5.73 Å². The van der Waals surface area contributed by atoms with Gasteiger partial charge in [-0.1, -0.05) is 276 Å². The fraction of sp³-hybridized carbons (Fsp3) is 0.898. The van der Waals surface area contributed by atoms with Crippen LogP contribution in [0.2, 0.25) is 0 Å². The van der Waals surface area contributed by atoms with E-state index >= 15 is 0 Å². The van der Waals surface area contributed by atoms with E-state index in [9.17, 15) is 19.0 Å². The van der Waals surface area contributed by atoms with Crippen LogP contribution >= 0.6 is 7.82 Å². The summed E-state index contributed by atoms with van der Waals surface area (Å²) >= 11 is 0. The van der Waals surface area contributed by atoms with Crippen LogP contribution in [0.25, 0.3) is 0 Å². The minimum Gasteiger partial charge on any atom is -0.462 e. The van der Waals surface area contributed by atoms with E-state index in [4.69, 9.17) is 24.3 Å². The monoisotopic (exact) mass is 996 g/mol. The van der Waals surface area contributed by atoms with Crippen LogP contribution in [0.3, 0.4) is 0 Å². The van der Waals surface area contributed by atoms with Gasteiger partial charge < -0.3 is 20.1 Å². The Labute approximate surface area is 427 Å². The SMILES string of the molecule is CCCCCCC/C=C\C/C=C\CCCCCCCCCCCCCC(=O)OC(COC(=O)CCCCCCCCCCCCCCCCCCCCCCCCCCC)COP(=O)(O)OCCN. The highest BCUT2D eigenvalue weighted by Gasteiger charge is 2.26. The molecule has 9 nitrogen and oxygen atoms in total. The summed E-state index contributed by atoms with van der Waals surface area (Å²) in [5.41, 5.74) is 5.38. The fourth-order valence-corrected chi connectivity index (χ4v) is 9.67. The first-order chi connectivity index (χ1) is 33.8. The van der Waals surface area contributed by atoms with Crippen molar-refractivity contribution in [2.24, 2.45) is 5.73 Å². The van der Waals surface area contributed by atoms with Gasteiger partial charge in [-0.25, -0.2) is 4.57 Å². The molecule has 0 aromatic heterocycles. The maximum absolute atomic E-state index is 12.7. The number of phosphoric acid groups is 1.